The van der Waals surface area contributed by atoms with Gasteiger partial charge >= 0.3 is 0 Å². The molecule has 0 heterocycles. The molecule has 0 aliphatic heterocycles. The maximum Gasteiger partial charge on any atom is -0.0378 e. The standard InChI is InChI=1S/C14H28/c1-13(2,3)8-7-11-9-12(11)10-14(4,5)6/h11-12H,7-10H2,1-6H3. The maximum atomic E-state index is 2.37. The zero-order valence-electron chi connectivity index (χ0n) is 11.0. The molecular weight excluding hydrogens is 168 g/mol. The molecular formula is C14H28. The summed E-state index contributed by atoms with van der Waals surface area (Å²) in [5, 5.41) is 0. The minimum absolute atomic E-state index is 0.537. The Kier molecular flexibility index (Phi) is 3.33. The fraction of sp³-hybridized carbons (Fsp3) is 1.00. The minimum Gasteiger partial charge on any atom is -0.0602 e. The predicted molar refractivity (Wildman–Crippen MR) is 64.4 cm³/mol. The zero-order valence-corrected chi connectivity index (χ0v) is 11.0. The topological polar surface area (TPSA) is 0 Å². The Bertz CT molecular complexity index is 177. The monoisotopic (exact) mass is 196 g/mol. The quantitative estimate of drug-likeness (QED) is 0.603. The van der Waals surface area contributed by atoms with Crippen LogP contribution in [-0.4, -0.2) is 0 Å². The van der Waals surface area contributed by atoms with Gasteiger partial charge in [-0.25, -0.2) is 0 Å². The van der Waals surface area contributed by atoms with Gasteiger partial charge in [-0.05, 0) is 48.3 Å². The first-order valence-electron chi connectivity index (χ1n) is 6.17. The van der Waals surface area contributed by atoms with Gasteiger partial charge in [-0.15, -0.1) is 0 Å². The molecule has 14 heavy (non-hydrogen) atoms. The van der Waals surface area contributed by atoms with Crippen molar-refractivity contribution in [1.29, 1.82) is 0 Å². The molecule has 0 saturated heterocycles. The van der Waals surface area contributed by atoms with Crippen LogP contribution in [0.4, 0.5) is 0 Å². The molecule has 0 heteroatoms. The van der Waals surface area contributed by atoms with Crippen LogP contribution in [0.25, 0.3) is 0 Å². The summed E-state index contributed by atoms with van der Waals surface area (Å²) in [4.78, 5) is 0. The second-order valence-electron chi connectivity index (χ2n) is 7.62. The van der Waals surface area contributed by atoms with Crippen LogP contribution in [0.15, 0.2) is 0 Å². The summed E-state index contributed by atoms with van der Waals surface area (Å²) in [7, 11) is 0. The van der Waals surface area contributed by atoms with Crippen LogP contribution in [0.3, 0.4) is 0 Å². The van der Waals surface area contributed by atoms with Gasteiger partial charge in [-0.3, -0.25) is 0 Å². The van der Waals surface area contributed by atoms with Crippen molar-refractivity contribution in [2.75, 3.05) is 0 Å². The third-order valence-corrected chi connectivity index (χ3v) is 3.21. The van der Waals surface area contributed by atoms with Gasteiger partial charge in [0, 0.05) is 0 Å². The van der Waals surface area contributed by atoms with E-state index in [1.807, 2.05) is 0 Å². The van der Waals surface area contributed by atoms with E-state index < -0.39 is 0 Å². The first kappa shape index (κ1) is 12.1. The average molecular weight is 196 g/mol. The highest BCUT2D eigenvalue weighted by atomic mass is 14.4. The summed E-state index contributed by atoms with van der Waals surface area (Å²) in [6.45, 7) is 14.2. The molecule has 2 atom stereocenters. The lowest BCUT2D eigenvalue weighted by atomic mass is 9.86. The Hall–Kier alpha value is 0. The molecule has 0 amide bonds. The zero-order chi connectivity index (χ0) is 11.0. The molecule has 0 nitrogen and oxygen atoms in total. The van der Waals surface area contributed by atoms with E-state index in [9.17, 15) is 0 Å². The Morgan fingerprint density at radius 3 is 1.86 bits per heavy atom. The van der Waals surface area contributed by atoms with Gasteiger partial charge in [-0.2, -0.15) is 0 Å². The van der Waals surface area contributed by atoms with Crippen LogP contribution >= 0.6 is 0 Å². The van der Waals surface area contributed by atoms with Crippen molar-refractivity contribution in [1.82, 2.24) is 0 Å². The lowest BCUT2D eigenvalue weighted by Crippen LogP contribution is -2.08. The van der Waals surface area contributed by atoms with Gasteiger partial charge in [0.05, 0.1) is 0 Å². The van der Waals surface area contributed by atoms with Gasteiger partial charge in [0.2, 0.25) is 0 Å². The summed E-state index contributed by atoms with van der Waals surface area (Å²) in [6.07, 6.45) is 5.80. The Balaban J connectivity index is 2.15. The van der Waals surface area contributed by atoms with E-state index in [0.717, 1.165) is 11.8 Å². The van der Waals surface area contributed by atoms with Crippen molar-refractivity contribution in [3.63, 3.8) is 0 Å². The summed E-state index contributed by atoms with van der Waals surface area (Å²) in [6, 6.07) is 0. The van der Waals surface area contributed by atoms with Gasteiger partial charge in [-0.1, -0.05) is 41.5 Å². The molecule has 1 fully saturated rings. The van der Waals surface area contributed by atoms with Gasteiger partial charge in [0.1, 0.15) is 0 Å². The number of hydrogen-bond donors (Lipinski definition) is 0. The van der Waals surface area contributed by atoms with E-state index in [-0.39, 0.29) is 0 Å². The molecule has 0 bridgehead atoms. The summed E-state index contributed by atoms with van der Waals surface area (Å²) in [5.74, 6) is 2.12. The third kappa shape index (κ3) is 5.02. The molecule has 0 aromatic rings. The molecule has 0 radical (unpaired) electrons. The van der Waals surface area contributed by atoms with Crippen LogP contribution in [0, 0.1) is 22.7 Å². The summed E-state index contributed by atoms with van der Waals surface area (Å²) >= 11 is 0. The molecule has 0 N–H and O–H groups in total. The molecule has 0 aromatic heterocycles. The molecule has 84 valence electrons. The van der Waals surface area contributed by atoms with Gasteiger partial charge in [0.15, 0.2) is 0 Å². The van der Waals surface area contributed by atoms with Crippen molar-refractivity contribution in [3.05, 3.63) is 0 Å². The fourth-order valence-electron chi connectivity index (χ4n) is 2.32. The summed E-state index contributed by atoms with van der Waals surface area (Å²) in [5.41, 5.74) is 1.08. The Morgan fingerprint density at radius 2 is 1.43 bits per heavy atom. The van der Waals surface area contributed by atoms with Crippen LogP contribution < -0.4 is 0 Å². The van der Waals surface area contributed by atoms with E-state index in [4.69, 9.17) is 0 Å². The molecule has 2 unspecified atom stereocenters. The van der Waals surface area contributed by atoms with Crippen LogP contribution in [-0.2, 0) is 0 Å². The molecule has 1 aliphatic carbocycles. The molecule has 0 aromatic carbocycles. The molecule has 1 aliphatic rings. The Labute approximate surface area is 90.5 Å². The second kappa shape index (κ2) is 3.87. The van der Waals surface area contributed by atoms with E-state index in [1.54, 1.807) is 0 Å². The van der Waals surface area contributed by atoms with Crippen LogP contribution in [0.2, 0.25) is 0 Å². The van der Waals surface area contributed by atoms with Gasteiger partial charge < -0.3 is 0 Å². The first-order valence-corrected chi connectivity index (χ1v) is 6.17. The fourth-order valence-corrected chi connectivity index (χ4v) is 2.32. The van der Waals surface area contributed by atoms with Crippen molar-refractivity contribution >= 4 is 0 Å². The SMILES string of the molecule is CC(C)(C)CCC1CC1CC(C)(C)C. The maximum absolute atomic E-state index is 2.37. The highest BCUT2D eigenvalue weighted by molar-refractivity contribution is 4.89. The third-order valence-electron chi connectivity index (χ3n) is 3.21. The van der Waals surface area contributed by atoms with Crippen molar-refractivity contribution in [2.45, 2.75) is 67.2 Å². The minimum atomic E-state index is 0.537. The highest BCUT2D eigenvalue weighted by Crippen LogP contribution is 2.49. The Morgan fingerprint density at radius 1 is 0.857 bits per heavy atom. The number of rotatable bonds is 3. The smallest absolute Gasteiger partial charge is 0.0378 e. The highest BCUT2D eigenvalue weighted by Gasteiger charge is 2.39. The molecule has 1 saturated carbocycles. The lowest BCUT2D eigenvalue weighted by molar-refractivity contribution is 0.320. The largest absolute Gasteiger partial charge is 0.0602 e. The van der Waals surface area contributed by atoms with E-state index in [2.05, 4.69) is 41.5 Å². The van der Waals surface area contributed by atoms with Crippen LogP contribution in [0.1, 0.15) is 67.2 Å². The predicted octanol–water partition coefficient (Wildman–Crippen LogP) is 4.89. The lowest BCUT2D eigenvalue weighted by Gasteiger charge is -2.19. The normalized spacial score (nSPS) is 27.9. The molecule has 1 rings (SSSR count). The van der Waals surface area contributed by atoms with Crippen molar-refractivity contribution in [3.8, 4) is 0 Å². The van der Waals surface area contributed by atoms with E-state index in [1.165, 1.54) is 25.7 Å². The first-order chi connectivity index (χ1) is 6.17. The summed E-state index contributed by atoms with van der Waals surface area (Å²) < 4.78 is 0. The second-order valence-corrected chi connectivity index (χ2v) is 7.62. The molecule has 0 spiro atoms. The van der Waals surface area contributed by atoms with E-state index >= 15 is 0 Å². The van der Waals surface area contributed by atoms with Gasteiger partial charge in [0.25, 0.3) is 0 Å². The van der Waals surface area contributed by atoms with Crippen molar-refractivity contribution in [2.24, 2.45) is 22.7 Å². The number of hydrogen-bond acceptors (Lipinski definition) is 0. The van der Waals surface area contributed by atoms with Crippen LogP contribution in [0.5, 0.6) is 0 Å². The average Bonchev–Trinajstić information content (AvgIpc) is 2.58. The van der Waals surface area contributed by atoms with E-state index in [0.29, 0.717) is 10.8 Å². The van der Waals surface area contributed by atoms with Crippen molar-refractivity contribution < 1.29 is 0 Å².